The Labute approximate surface area is 105 Å². The van der Waals surface area contributed by atoms with Crippen LogP contribution >= 0.6 is 0 Å². The van der Waals surface area contributed by atoms with Crippen LogP contribution in [0, 0.1) is 16.7 Å². The van der Waals surface area contributed by atoms with Gasteiger partial charge in [0.05, 0.1) is 18.2 Å². The molecule has 3 N–H and O–H groups in total. The molecule has 0 atom stereocenters. The number of ether oxygens (including phenoxy) is 1. The van der Waals surface area contributed by atoms with Crippen molar-refractivity contribution in [3.8, 4) is 11.8 Å². The Hall–Kier alpha value is -2.22. The van der Waals surface area contributed by atoms with Crippen LogP contribution in [0.15, 0.2) is 18.2 Å². The molecule has 5 nitrogen and oxygen atoms in total. The monoisotopic (exact) mass is 246 g/mol. The topological polar surface area (TPSA) is 96.3 Å². The van der Waals surface area contributed by atoms with E-state index >= 15 is 0 Å². The predicted octanol–water partition coefficient (Wildman–Crippen LogP) is 2.04. The van der Waals surface area contributed by atoms with E-state index in [0.717, 1.165) is 12.8 Å². The van der Waals surface area contributed by atoms with E-state index < -0.39 is 5.97 Å². The lowest BCUT2D eigenvalue weighted by Gasteiger charge is -2.13. The van der Waals surface area contributed by atoms with E-state index in [2.05, 4.69) is 6.07 Å². The van der Waals surface area contributed by atoms with Crippen LogP contribution in [0.5, 0.6) is 5.75 Å². The van der Waals surface area contributed by atoms with E-state index in [1.807, 2.05) is 0 Å². The third-order valence-electron chi connectivity index (χ3n) is 3.21. The van der Waals surface area contributed by atoms with Gasteiger partial charge in [0.1, 0.15) is 5.75 Å². The van der Waals surface area contributed by atoms with Gasteiger partial charge >= 0.3 is 5.97 Å². The molecule has 0 aliphatic heterocycles. The van der Waals surface area contributed by atoms with E-state index in [4.69, 9.17) is 20.8 Å². The minimum absolute atomic E-state index is 0.00498. The van der Waals surface area contributed by atoms with Gasteiger partial charge in [-0.3, -0.25) is 0 Å². The van der Waals surface area contributed by atoms with Crippen LogP contribution in [-0.2, 0) is 0 Å². The Morgan fingerprint density at radius 3 is 2.78 bits per heavy atom. The van der Waals surface area contributed by atoms with E-state index in [0.29, 0.717) is 18.8 Å². The number of nitrogen functional groups attached to an aromatic ring is 1. The summed E-state index contributed by atoms with van der Waals surface area (Å²) in [5.74, 6) is -0.510. The van der Waals surface area contributed by atoms with Gasteiger partial charge in [-0.1, -0.05) is 0 Å². The Bertz CT molecular complexity index is 515. The van der Waals surface area contributed by atoms with Gasteiger partial charge in [-0.05, 0) is 25.0 Å². The molecule has 1 aromatic rings. The van der Waals surface area contributed by atoms with E-state index in [1.54, 1.807) is 6.07 Å². The van der Waals surface area contributed by atoms with Crippen LogP contribution in [0.4, 0.5) is 5.69 Å². The second-order valence-electron chi connectivity index (χ2n) is 4.68. The first-order chi connectivity index (χ1) is 8.56. The number of aromatic carboxylic acids is 1. The molecule has 1 saturated carbocycles. The van der Waals surface area contributed by atoms with Crippen molar-refractivity contribution in [1.82, 2.24) is 0 Å². The number of nitriles is 1. The summed E-state index contributed by atoms with van der Waals surface area (Å²) in [6, 6.07) is 6.68. The van der Waals surface area contributed by atoms with Crippen LogP contribution in [0.1, 0.15) is 29.6 Å². The van der Waals surface area contributed by atoms with Gasteiger partial charge in [-0.2, -0.15) is 5.26 Å². The van der Waals surface area contributed by atoms with Crippen molar-refractivity contribution >= 4 is 11.7 Å². The Morgan fingerprint density at radius 1 is 1.56 bits per heavy atom. The lowest BCUT2D eigenvalue weighted by Crippen LogP contribution is -2.12. The lowest BCUT2D eigenvalue weighted by molar-refractivity contribution is 0.0698. The maximum Gasteiger partial charge on any atom is 0.337 e. The van der Waals surface area contributed by atoms with Crippen molar-refractivity contribution in [2.75, 3.05) is 12.3 Å². The minimum Gasteiger partial charge on any atom is -0.493 e. The zero-order valence-corrected chi connectivity index (χ0v) is 9.85. The van der Waals surface area contributed by atoms with Crippen molar-refractivity contribution in [1.29, 1.82) is 5.26 Å². The molecule has 5 heteroatoms. The molecule has 0 saturated heterocycles. The molecule has 0 unspecified atom stereocenters. The number of benzene rings is 1. The van der Waals surface area contributed by atoms with Gasteiger partial charge in [0, 0.05) is 23.6 Å². The first-order valence-corrected chi connectivity index (χ1v) is 5.69. The lowest BCUT2D eigenvalue weighted by atomic mass is 10.1. The molecule has 94 valence electrons. The fraction of sp³-hybridized carbons (Fsp3) is 0.385. The fourth-order valence-electron chi connectivity index (χ4n) is 1.78. The number of carboxylic acids is 1. The van der Waals surface area contributed by atoms with Crippen molar-refractivity contribution in [3.63, 3.8) is 0 Å². The zero-order valence-electron chi connectivity index (χ0n) is 9.85. The molecule has 0 spiro atoms. The molecule has 0 radical (unpaired) electrons. The van der Waals surface area contributed by atoms with Gasteiger partial charge < -0.3 is 15.6 Å². The zero-order chi connectivity index (χ0) is 13.2. The molecule has 1 fully saturated rings. The Kier molecular flexibility index (Phi) is 3.11. The largest absolute Gasteiger partial charge is 0.493 e. The van der Waals surface area contributed by atoms with E-state index in [-0.39, 0.29) is 16.7 Å². The van der Waals surface area contributed by atoms with Crippen LogP contribution in [0.25, 0.3) is 0 Å². The van der Waals surface area contributed by atoms with Crippen molar-refractivity contribution in [3.05, 3.63) is 23.8 Å². The molecule has 18 heavy (non-hydrogen) atoms. The van der Waals surface area contributed by atoms with Crippen LogP contribution < -0.4 is 10.5 Å². The number of hydrogen-bond acceptors (Lipinski definition) is 4. The average molecular weight is 246 g/mol. The minimum atomic E-state index is -1.05. The summed E-state index contributed by atoms with van der Waals surface area (Å²) in [6.07, 6.45) is 2.50. The molecular weight excluding hydrogens is 232 g/mol. The quantitative estimate of drug-likeness (QED) is 0.775. The second kappa shape index (κ2) is 4.57. The summed E-state index contributed by atoms with van der Waals surface area (Å²) < 4.78 is 5.58. The van der Waals surface area contributed by atoms with Gasteiger partial charge in [0.25, 0.3) is 0 Å². The van der Waals surface area contributed by atoms with E-state index in [9.17, 15) is 4.79 Å². The molecule has 0 aromatic heterocycles. The van der Waals surface area contributed by atoms with Crippen LogP contribution in [-0.4, -0.2) is 17.7 Å². The number of rotatable bonds is 5. The summed E-state index contributed by atoms with van der Waals surface area (Å²) in [4.78, 5) is 10.8. The molecular formula is C13H14N2O3. The average Bonchev–Trinajstić information content (AvgIpc) is 3.07. The second-order valence-corrected chi connectivity index (χ2v) is 4.68. The molecule has 0 amide bonds. The highest BCUT2D eigenvalue weighted by molar-refractivity contribution is 5.93. The van der Waals surface area contributed by atoms with E-state index in [1.165, 1.54) is 12.1 Å². The number of nitrogens with two attached hydrogens (primary N) is 1. The number of carboxylic acid groups (broad SMARTS) is 1. The van der Waals surface area contributed by atoms with Crippen molar-refractivity contribution in [2.24, 2.45) is 5.41 Å². The van der Waals surface area contributed by atoms with Crippen molar-refractivity contribution < 1.29 is 14.6 Å². The summed E-state index contributed by atoms with van der Waals surface area (Å²) in [5, 5.41) is 17.5. The maximum atomic E-state index is 10.8. The fourth-order valence-corrected chi connectivity index (χ4v) is 1.78. The smallest absolute Gasteiger partial charge is 0.337 e. The maximum absolute atomic E-state index is 10.8. The molecule has 1 aliphatic carbocycles. The summed E-state index contributed by atoms with van der Waals surface area (Å²) in [7, 11) is 0. The predicted molar refractivity (Wildman–Crippen MR) is 65.2 cm³/mol. The highest BCUT2D eigenvalue weighted by Gasteiger charge is 2.43. The molecule has 2 rings (SSSR count). The summed E-state index contributed by atoms with van der Waals surface area (Å²) >= 11 is 0. The highest BCUT2D eigenvalue weighted by atomic mass is 16.5. The summed E-state index contributed by atoms with van der Waals surface area (Å²) in [6.45, 7) is 0.479. The first kappa shape index (κ1) is 12.2. The highest BCUT2D eigenvalue weighted by Crippen LogP contribution is 2.48. The Morgan fingerprint density at radius 2 is 2.28 bits per heavy atom. The standard InChI is InChI=1S/C13H14N2O3/c14-6-5-13(3-4-13)8-18-9-1-2-10(12(16)17)11(15)7-9/h1-2,7H,3-5,8,15H2,(H,16,17). The SMILES string of the molecule is N#CCC1(COc2ccc(C(=O)O)c(N)c2)CC1. The third-order valence-corrected chi connectivity index (χ3v) is 3.21. The summed E-state index contributed by atoms with van der Waals surface area (Å²) in [5.41, 5.74) is 5.87. The van der Waals surface area contributed by atoms with Gasteiger partial charge in [0.15, 0.2) is 0 Å². The molecule has 1 aromatic carbocycles. The number of hydrogen-bond donors (Lipinski definition) is 2. The molecule has 0 heterocycles. The third kappa shape index (κ3) is 2.54. The van der Waals surface area contributed by atoms with Crippen LogP contribution in [0.2, 0.25) is 0 Å². The normalized spacial score (nSPS) is 15.7. The molecule has 1 aliphatic rings. The number of nitrogens with zero attached hydrogens (tertiary/aromatic N) is 1. The molecule has 0 bridgehead atoms. The first-order valence-electron chi connectivity index (χ1n) is 5.69. The number of carbonyl (C=O) groups is 1. The van der Waals surface area contributed by atoms with Gasteiger partial charge in [-0.25, -0.2) is 4.79 Å². The van der Waals surface area contributed by atoms with Crippen LogP contribution in [0.3, 0.4) is 0 Å². The number of anilines is 1. The Balaban J connectivity index is 2.01. The van der Waals surface area contributed by atoms with Gasteiger partial charge in [-0.15, -0.1) is 0 Å². The van der Waals surface area contributed by atoms with Gasteiger partial charge in [0.2, 0.25) is 0 Å². The van der Waals surface area contributed by atoms with Crippen molar-refractivity contribution in [2.45, 2.75) is 19.3 Å².